The van der Waals surface area contributed by atoms with Crippen molar-refractivity contribution in [3.05, 3.63) is 69.1 Å². The van der Waals surface area contributed by atoms with Crippen LogP contribution in [0.2, 0.25) is 0 Å². The quantitative estimate of drug-likeness (QED) is 0.663. The van der Waals surface area contributed by atoms with E-state index < -0.39 is 0 Å². The SMILES string of the molecule is CN(C)C(CNC(=O)c1ccc(-n2cc(Br)cn2)cc1)c1cccs1. The summed E-state index contributed by atoms with van der Waals surface area (Å²) in [5.41, 5.74) is 1.55. The minimum absolute atomic E-state index is 0.0726. The van der Waals surface area contributed by atoms with E-state index in [0.29, 0.717) is 12.1 Å². The molecule has 0 saturated carbocycles. The van der Waals surface area contributed by atoms with E-state index in [1.807, 2.05) is 50.6 Å². The van der Waals surface area contributed by atoms with Gasteiger partial charge in [0.15, 0.2) is 0 Å². The Labute approximate surface area is 159 Å². The molecular weight excluding hydrogens is 400 g/mol. The first-order chi connectivity index (χ1) is 12.0. The highest BCUT2D eigenvalue weighted by Gasteiger charge is 2.16. The summed E-state index contributed by atoms with van der Waals surface area (Å²) in [6.07, 6.45) is 3.60. The highest BCUT2D eigenvalue weighted by molar-refractivity contribution is 9.10. The van der Waals surface area contributed by atoms with Crippen LogP contribution in [0.4, 0.5) is 0 Å². The number of carbonyl (C=O) groups is 1. The van der Waals surface area contributed by atoms with Crippen LogP contribution in [-0.4, -0.2) is 41.2 Å². The largest absolute Gasteiger partial charge is 0.350 e. The molecule has 7 heteroatoms. The molecule has 2 aromatic heterocycles. The molecule has 0 aliphatic carbocycles. The van der Waals surface area contributed by atoms with Crippen molar-refractivity contribution in [3.63, 3.8) is 0 Å². The Morgan fingerprint density at radius 2 is 2.08 bits per heavy atom. The fourth-order valence-corrected chi connectivity index (χ4v) is 3.73. The van der Waals surface area contributed by atoms with Crippen LogP contribution in [0.5, 0.6) is 0 Å². The number of likely N-dealkylation sites (N-methyl/N-ethyl adjacent to an activating group) is 1. The molecule has 0 fully saturated rings. The number of carbonyl (C=O) groups excluding carboxylic acids is 1. The number of nitrogens with one attached hydrogen (secondary N) is 1. The lowest BCUT2D eigenvalue weighted by Gasteiger charge is -2.23. The monoisotopic (exact) mass is 418 g/mol. The number of amides is 1. The predicted octanol–water partition coefficient (Wildman–Crippen LogP) is 3.73. The third-order valence-electron chi connectivity index (χ3n) is 3.90. The molecule has 1 aromatic carbocycles. The van der Waals surface area contributed by atoms with Crippen LogP contribution in [0.1, 0.15) is 21.3 Å². The molecule has 0 spiro atoms. The molecule has 1 amide bonds. The molecule has 25 heavy (non-hydrogen) atoms. The van der Waals surface area contributed by atoms with Crippen molar-refractivity contribution in [1.29, 1.82) is 0 Å². The van der Waals surface area contributed by atoms with Crippen LogP contribution in [0.3, 0.4) is 0 Å². The molecule has 3 aromatic rings. The van der Waals surface area contributed by atoms with Gasteiger partial charge >= 0.3 is 0 Å². The van der Waals surface area contributed by atoms with Crippen LogP contribution in [0.25, 0.3) is 5.69 Å². The highest BCUT2D eigenvalue weighted by Crippen LogP contribution is 2.22. The van der Waals surface area contributed by atoms with Crippen LogP contribution in [0.15, 0.2) is 58.6 Å². The molecule has 130 valence electrons. The number of benzene rings is 1. The lowest BCUT2D eigenvalue weighted by atomic mass is 10.1. The maximum Gasteiger partial charge on any atom is 0.251 e. The van der Waals surface area contributed by atoms with Gasteiger partial charge in [0, 0.05) is 23.2 Å². The summed E-state index contributed by atoms with van der Waals surface area (Å²) in [7, 11) is 4.04. The average molecular weight is 419 g/mol. The summed E-state index contributed by atoms with van der Waals surface area (Å²) in [4.78, 5) is 15.8. The zero-order chi connectivity index (χ0) is 17.8. The number of nitrogens with zero attached hydrogens (tertiary/aromatic N) is 3. The van der Waals surface area contributed by atoms with Crippen molar-refractivity contribution in [3.8, 4) is 5.69 Å². The van der Waals surface area contributed by atoms with Gasteiger partial charge in [0.1, 0.15) is 0 Å². The minimum atomic E-state index is -0.0726. The molecule has 1 atom stereocenters. The first kappa shape index (κ1) is 17.8. The van der Waals surface area contributed by atoms with Crippen LogP contribution >= 0.6 is 27.3 Å². The van der Waals surface area contributed by atoms with E-state index >= 15 is 0 Å². The van der Waals surface area contributed by atoms with Crippen molar-refractivity contribution in [2.75, 3.05) is 20.6 Å². The number of hydrogen-bond acceptors (Lipinski definition) is 4. The minimum Gasteiger partial charge on any atom is -0.350 e. The molecule has 2 heterocycles. The summed E-state index contributed by atoms with van der Waals surface area (Å²) in [5.74, 6) is -0.0726. The van der Waals surface area contributed by atoms with Gasteiger partial charge in [0.2, 0.25) is 0 Å². The molecule has 0 radical (unpaired) electrons. The fraction of sp³-hybridized carbons (Fsp3) is 0.222. The number of halogens is 1. The lowest BCUT2D eigenvalue weighted by molar-refractivity contribution is 0.0942. The van der Waals surface area contributed by atoms with Crippen LogP contribution in [-0.2, 0) is 0 Å². The Balaban J connectivity index is 1.65. The highest BCUT2D eigenvalue weighted by atomic mass is 79.9. The third-order valence-corrected chi connectivity index (χ3v) is 5.28. The number of thiophene rings is 1. The van der Waals surface area contributed by atoms with Gasteiger partial charge in [-0.1, -0.05) is 6.07 Å². The van der Waals surface area contributed by atoms with Crippen molar-refractivity contribution < 1.29 is 4.79 Å². The van der Waals surface area contributed by atoms with Crippen molar-refractivity contribution in [2.24, 2.45) is 0 Å². The Morgan fingerprint density at radius 3 is 2.64 bits per heavy atom. The summed E-state index contributed by atoms with van der Waals surface area (Å²) in [6.45, 7) is 0.570. The second-order valence-electron chi connectivity index (χ2n) is 5.85. The van der Waals surface area contributed by atoms with Gasteiger partial charge in [-0.3, -0.25) is 4.79 Å². The first-order valence-electron chi connectivity index (χ1n) is 7.83. The van der Waals surface area contributed by atoms with Gasteiger partial charge in [-0.2, -0.15) is 5.10 Å². The molecule has 0 aliphatic heterocycles. The van der Waals surface area contributed by atoms with Gasteiger partial charge in [-0.05, 0) is 65.7 Å². The molecule has 5 nitrogen and oxygen atoms in total. The van der Waals surface area contributed by atoms with Gasteiger partial charge in [0.05, 0.1) is 22.4 Å². The number of hydrogen-bond donors (Lipinski definition) is 1. The smallest absolute Gasteiger partial charge is 0.251 e. The second-order valence-corrected chi connectivity index (χ2v) is 7.75. The normalized spacial score (nSPS) is 12.3. The molecule has 1 N–H and O–H groups in total. The third kappa shape index (κ3) is 4.36. The van der Waals surface area contributed by atoms with Gasteiger partial charge in [-0.15, -0.1) is 11.3 Å². The molecule has 0 bridgehead atoms. The van der Waals surface area contributed by atoms with E-state index in [4.69, 9.17) is 0 Å². The van der Waals surface area contributed by atoms with E-state index in [-0.39, 0.29) is 11.9 Å². The first-order valence-corrected chi connectivity index (χ1v) is 9.50. The zero-order valence-corrected chi connectivity index (χ0v) is 16.4. The molecule has 3 rings (SSSR count). The Morgan fingerprint density at radius 1 is 1.32 bits per heavy atom. The van der Waals surface area contributed by atoms with Crippen molar-refractivity contribution in [2.45, 2.75) is 6.04 Å². The topological polar surface area (TPSA) is 50.2 Å². The summed E-state index contributed by atoms with van der Waals surface area (Å²) >= 11 is 5.08. The summed E-state index contributed by atoms with van der Waals surface area (Å²) in [5, 5.41) is 9.32. The summed E-state index contributed by atoms with van der Waals surface area (Å²) < 4.78 is 2.67. The lowest BCUT2D eigenvalue weighted by Crippen LogP contribution is -2.34. The Bertz CT molecular complexity index is 827. The molecule has 1 unspecified atom stereocenters. The van der Waals surface area contributed by atoms with Crippen molar-refractivity contribution >= 4 is 33.2 Å². The Kier molecular flexibility index (Phi) is 5.67. The Hall–Kier alpha value is -1.96. The van der Waals surface area contributed by atoms with E-state index in [1.165, 1.54) is 4.88 Å². The maximum absolute atomic E-state index is 12.4. The van der Waals surface area contributed by atoms with E-state index in [0.717, 1.165) is 10.2 Å². The van der Waals surface area contributed by atoms with Crippen molar-refractivity contribution in [1.82, 2.24) is 20.0 Å². The molecule has 0 aliphatic rings. The van der Waals surface area contributed by atoms with E-state index in [2.05, 4.69) is 42.7 Å². The van der Waals surface area contributed by atoms with E-state index in [9.17, 15) is 4.79 Å². The number of aromatic nitrogens is 2. The maximum atomic E-state index is 12.4. The zero-order valence-electron chi connectivity index (χ0n) is 14.0. The second kappa shape index (κ2) is 7.95. The van der Waals surface area contributed by atoms with Gasteiger partial charge in [0.25, 0.3) is 5.91 Å². The molecule has 0 saturated heterocycles. The summed E-state index contributed by atoms with van der Waals surface area (Å²) in [6, 6.07) is 11.7. The fourth-order valence-electron chi connectivity index (χ4n) is 2.52. The van der Waals surface area contributed by atoms with Crippen LogP contribution < -0.4 is 5.32 Å². The predicted molar refractivity (Wildman–Crippen MR) is 104 cm³/mol. The number of rotatable bonds is 6. The van der Waals surface area contributed by atoms with E-state index in [1.54, 1.807) is 22.2 Å². The standard InChI is InChI=1S/C18H19BrN4OS/c1-22(2)16(17-4-3-9-25-17)11-20-18(24)13-5-7-15(8-6-13)23-12-14(19)10-21-23/h3-10,12,16H,11H2,1-2H3,(H,20,24). The van der Waals surface area contributed by atoms with Crippen LogP contribution in [0, 0.1) is 0 Å². The molecular formula is C18H19BrN4OS. The average Bonchev–Trinajstić information content (AvgIpc) is 3.27. The van der Waals surface area contributed by atoms with Gasteiger partial charge < -0.3 is 10.2 Å². The van der Waals surface area contributed by atoms with Gasteiger partial charge in [-0.25, -0.2) is 4.68 Å².